The Morgan fingerprint density at radius 3 is 2.72 bits per heavy atom. The zero-order valence-electron chi connectivity index (χ0n) is 11.7. The molecule has 1 aromatic heterocycles. The molecular weight excluding hydrogens is 224 g/mol. The van der Waals surface area contributed by atoms with Crippen LogP contribution >= 0.6 is 0 Å². The molecule has 4 nitrogen and oxygen atoms in total. The molecule has 0 saturated carbocycles. The van der Waals surface area contributed by atoms with Crippen molar-refractivity contribution < 1.29 is 0 Å². The van der Waals surface area contributed by atoms with Crippen LogP contribution in [-0.2, 0) is 6.54 Å². The molecule has 1 N–H and O–H groups in total. The molecule has 0 aliphatic carbocycles. The first-order valence-corrected chi connectivity index (χ1v) is 6.87. The van der Waals surface area contributed by atoms with Crippen LogP contribution in [0.1, 0.15) is 39.3 Å². The van der Waals surface area contributed by atoms with E-state index >= 15 is 0 Å². The molecule has 1 aliphatic heterocycles. The highest BCUT2D eigenvalue weighted by atomic mass is 15.2. The van der Waals surface area contributed by atoms with Crippen molar-refractivity contribution in [3.05, 3.63) is 18.1 Å². The monoisotopic (exact) mass is 248 g/mol. The average Bonchev–Trinajstić information content (AvgIpc) is 2.71. The number of aromatic nitrogens is 2. The Kier molecular flexibility index (Phi) is 4.17. The maximum atomic E-state index is 4.53. The van der Waals surface area contributed by atoms with Gasteiger partial charge in [0.05, 0.1) is 18.1 Å². The van der Waals surface area contributed by atoms with Crippen LogP contribution in [0.25, 0.3) is 0 Å². The van der Waals surface area contributed by atoms with E-state index < -0.39 is 0 Å². The molecular formula is C14H24N4. The smallest absolute Gasteiger partial charge is 0.147 e. The van der Waals surface area contributed by atoms with Gasteiger partial charge in [-0.3, -0.25) is 4.98 Å². The van der Waals surface area contributed by atoms with Gasteiger partial charge in [0, 0.05) is 19.6 Å². The molecule has 18 heavy (non-hydrogen) atoms. The van der Waals surface area contributed by atoms with E-state index in [1.807, 2.05) is 12.4 Å². The van der Waals surface area contributed by atoms with Gasteiger partial charge in [-0.05, 0) is 24.8 Å². The minimum Gasteiger partial charge on any atom is -0.355 e. The van der Waals surface area contributed by atoms with Crippen molar-refractivity contribution in [2.45, 2.75) is 40.2 Å². The molecule has 2 rings (SSSR count). The first-order valence-electron chi connectivity index (χ1n) is 6.87. The highest BCUT2D eigenvalue weighted by Crippen LogP contribution is 2.31. The van der Waals surface area contributed by atoms with Crippen LogP contribution in [0.3, 0.4) is 0 Å². The van der Waals surface area contributed by atoms with Gasteiger partial charge in [0.25, 0.3) is 0 Å². The van der Waals surface area contributed by atoms with Gasteiger partial charge in [0.1, 0.15) is 5.82 Å². The molecule has 0 amide bonds. The van der Waals surface area contributed by atoms with E-state index in [0.29, 0.717) is 5.41 Å². The third-order valence-corrected chi connectivity index (χ3v) is 3.43. The van der Waals surface area contributed by atoms with Crippen LogP contribution in [0, 0.1) is 5.41 Å². The van der Waals surface area contributed by atoms with Gasteiger partial charge < -0.3 is 10.2 Å². The molecule has 1 aliphatic rings. The van der Waals surface area contributed by atoms with Crippen LogP contribution < -0.4 is 10.2 Å². The fraction of sp³-hybridized carbons (Fsp3) is 0.714. The van der Waals surface area contributed by atoms with Crippen molar-refractivity contribution in [2.75, 3.05) is 24.5 Å². The van der Waals surface area contributed by atoms with Crippen LogP contribution in [-0.4, -0.2) is 29.6 Å². The molecule has 0 radical (unpaired) electrons. The van der Waals surface area contributed by atoms with Crippen LogP contribution in [0.4, 0.5) is 5.82 Å². The molecule has 1 saturated heterocycles. The molecule has 100 valence electrons. The maximum Gasteiger partial charge on any atom is 0.147 e. The Labute approximate surface area is 110 Å². The number of nitrogens with zero attached hydrogens (tertiary/aromatic N) is 3. The second-order valence-electron chi connectivity index (χ2n) is 5.88. The van der Waals surface area contributed by atoms with Crippen molar-refractivity contribution in [1.82, 2.24) is 15.3 Å². The van der Waals surface area contributed by atoms with Crippen LogP contribution in [0.2, 0.25) is 0 Å². The lowest BCUT2D eigenvalue weighted by atomic mass is 9.93. The molecule has 0 bridgehead atoms. The minimum absolute atomic E-state index is 0.406. The zero-order chi connectivity index (χ0) is 13.0. The maximum absolute atomic E-state index is 4.53. The number of hydrogen-bond donors (Lipinski definition) is 1. The third kappa shape index (κ3) is 3.42. The number of anilines is 1. The van der Waals surface area contributed by atoms with E-state index in [9.17, 15) is 0 Å². The molecule has 0 spiro atoms. The van der Waals surface area contributed by atoms with Gasteiger partial charge in [-0.2, -0.15) is 0 Å². The Bertz CT molecular complexity index is 372. The second kappa shape index (κ2) is 5.65. The summed E-state index contributed by atoms with van der Waals surface area (Å²) in [5.74, 6) is 1.01. The topological polar surface area (TPSA) is 41.1 Å². The predicted molar refractivity (Wildman–Crippen MR) is 74.6 cm³/mol. The highest BCUT2D eigenvalue weighted by Gasteiger charge is 2.29. The van der Waals surface area contributed by atoms with Crippen molar-refractivity contribution in [1.29, 1.82) is 0 Å². The first-order chi connectivity index (χ1) is 8.61. The van der Waals surface area contributed by atoms with Gasteiger partial charge in [-0.25, -0.2) is 4.98 Å². The highest BCUT2D eigenvalue weighted by molar-refractivity contribution is 5.37. The van der Waals surface area contributed by atoms with Gasteiger partial charge in [0.15, 0.2) is 0 Å². The molecule has 1 aromatic rings. The largest absolute Gasteiger partial charge is 0.355 e. The zero-order valence-corrected chi connectivity index (χ0v) is 11.7. The fourth-order valence-electron chi connectivity index (χ4n) is 2.30. The minimum atomic E-state index is 0.406. The molecule has 0 aromatic carbocycles. The summed E-state index contributed by atoms with van der Waals surface area (Å²) >= 11 is 0. The van der Waals surface area contributed by atoms with Crippen molar-refractivity contribution in [3.8, 4) is 0 Å². The van der Waals surface area contributed by atoms with Crippen molar-refractivity contribution in [2.24, 2.45) is 5.41 Å². The van der Waals surface area contributed by atoms with Crippen molar-refractivity contribution >= 4 is 5.82 Å². The summed E-state index contributed by atoms with van der Waals surface area (Å²) in [6, 6.07) is 0. The Morgan fingerprint density at radius 1 is 1.33 bits per heavy atom. The normalized spacial score (nSPS) is 18.3. The Balaban J connectivity index is 1.92. The lowest BCUT2D eigenvalue weighted by molar-refractivity contribution is 0.418. The molecule has 0 atom stereocenters. The predicted octanol–water partition coefficient (Wildman–Crippen LogP) is 2.21. The van der Waals surface area contributed by atoms with E-state index in [0.717, 1.165) is 44.1 Å². The second-order valence-corrected chi connectivity index (χ2v) is 5.88. The van der Waals surface area contributed by atoms with E-state index in [2.05, 4.69) is 41.0 Å². The van der Waals surface area contributed by atoms with Crippen molar-refractivity contribution in [3.63, 3.8) is 0 Å². The van der Waals surface area contributed by atoms with Gasteiger partial charge >= 0.3 is 0 Å². The quantitative estimate of drug-likeness (QED) is 0.811. The van der Waals surface area contributed by atoms with Gasteiger partial charge in [0.2, 0.25) is 0 Å². The third-order valence-electron chi connectivity index (χ3n) is 3.43. The molecule has 1 fully saturated rings. The first kappa shape index (κ1) is 13.3. The van der Waals surface area contributed by atoms with E-state index in [-0.39, 0.29) is 0 Å². The molecule has 2 heterocycles. The summed E-state index contributed by atoms with van der Waals surface area (Å²) < 4.78 is 0. The lowest BCUT2D eigenvalue weighted by Gasteiger charge is -2.20. The number of rotatable bonds is 5. The summed E-state index contributed by atoms with van der Waals surface area (Å²) in [6.45, 7) is 10.8. The van der Waals surface area contributed by atoms with E-state index in [1.165, 1.54) is 6.42 Å². The fourth-order valence-corrected chi connectivity index (χ4v) is 2.30. The molecule has 4 heteroatoms. The summed E-state index contributed by atoms with van der Waals surface area (Å²) in [5, 5.41) is 3.34. The van der Waals surface area contributed by atoms with E-state index in [4.69, 9.17) is 0 Å². The number of nitrogens with one attached hydrogen (secondary N) is 1. The summed E-state index contributed by atoms with van der Waals surface area (Å²) in [7, 11) is 0. The SMILES string of the molecule is CCCNCc1cnc(N2CCC(C)(C)C2)cn1. The lowest BCUT2D eigenvalue weighted by Crippen LogP contribution is -2.24. The van der Waals surface area contributed by atoms with Gasteiger partial charge in [-0.15, -0.1) is 0 Å². The summed E-state index contributed by atoms with van der Waals surface area (Å²) in [5.41, 5.74) is 1.42. The van der Waals surface area contributed by atoms with Gasteiger partial charge in [-0.1, -0.05) is 20.8 Å². The van der Waals surface area contributed by atoms with Crippen LogP contribution in [0.15, 0.2) is 12.4 Å². The van der Waals surface area contributed by atoms with Crippen LogP contribution in [0.5, 0.6) is 0 Å². The summed E-state index contributed by atoms with van der Waals surface area (Å²) in [6.07, 6.45) is 6.18. The summed E-state index contributed by atoms with van der Waals surface area (Å²) in [4.78, 5) is 11.3. The number of hydrogen-bond acceptors (Lipinski definition) is 4. The standard InChI is InChI=1S/C14H24N4/c1-4-6-15-8-12-9-17-13(10-16-12)18-7-5-14(2,3)11-18/h9-10,15H,4-8,11H2,1-3H3. The Morgan fingerprint density at radius 2 is 2.17 bits per heavy atom. The average molecular weight is 248 g/mol. The molecule has 0 unspecified atom stereocenters. The van der Waals surface area contributed by atoms with E-state index in [1.54, 1.807) is 0 Å². The Hall–Kier alpha value is -1.16.